The van der Waals surface area contributed by atoms with Crippen LogP contribution in [0, 0.1) is 5.82 Å². The van der Waals surface area contributed by atoms with Crippen LogP contribution in [-0.2, 0) is 11.3 Å². The summed E-state index contributed by atoms with van der Waals surface area (Å²) in [5.41, 5.74) is 4.05. The average Bonchev–Trinajstić information content (AvgIpc) is 2.61. The van der Waals surface area contributed by atoms with E-state index in [9.17, 15) is 9.18 Å². The summed E-state index contributed by atoms with van der Waals surface area (Å²) in [6.07, 6.45) is 0. The molecule has 1 unspecified atom stereocenters. The number of likely N-dealkylation sites (N-methyl/N-ethyl adjacent to an activating group) is 1. The molecule has 0 saturated carbocycles. The summed E-state index contributed by atoms with van der Waals surface area (Å²) in [5, 5.41) is 3.13. The Morgan fingerprint density at radius 1 is 1.11 bits per heavy atom. The van der Waals surface area contributed by atoms with Crippen LogP contribution in [-0.4, -0.2) is 26.6 Å². The van der Waals surface area contributed by atoms with E-state index in [-0.39, 0.29) is 17.5 Å². The number of hydrogen-bond acceptors (Lipinski definition) is 2. The maximum absolute atomic E-state index is 13.9. The van der Waals surface area contributed by atoms with Crippen molar-refractivity contribution in [2.75, 3.05) is 26.0 Å². The lowest BCUT2D eigenvalue weighted by atomic mass is 9.92. The lowest BCUT2D eigenvalue weighted by Gasteiger charge is -2.21. The number of benzene rings is 2. The van der Waals surface area contributed by atoms with Crippen molar-refractivity contribution in [3.63, 3.8) is 0 Å². The molecule has 0 heterocycles. The summed E-state index contributed by atoms with van der Waals surface area (Å²) in [4.78, 5) is 13.7. The van der Waals surface area contributed by atoms with Gasteiger partial charge in [0.1, 0.15) is 6.54 Å². The van der Waals surface area contributed by atoms with Gasteiger partial charge in [0.2, 0.25) is 0 Å². The van der Waals surface area contributed by atoms with Gasteiger partial charge in [0.15, 0.2) is 18.1 Å². The molecule has 0 fully saturated rings. The lowest BCUT2D eigenvalue weighted by molar-refractivity contribution is -0.885. The minimum atomic E-state index is -0.385. The molecule has 1 amide bonds. The number of quaternary nitrogens is 1. The van der Waals surface area contributed by atoms with E-state index in [4.69, 9.17) is 4.74 Å². The first-order valence-corrected chi connectivity index (χ1v) is 9.79. The molecular formula is C23H32FN2O2+. The van der Waals surface area contributed by atoms with Gasteiger partial charge in [-0.1, -0.05) is 45.9 Å². The van der Waals surface area contributed by atoms with Gasteiger partial charge in [-0.05, 0) is 41.2 Å². The van der Waals surface area contributed by atoms with Crippen LogP contribution in [0.4, 0.5) is 10.1 Å². The van der Waals surface area contributed by atoms with Crippen LogP contribution in [0.3, 0.4) is 0 Å². The summed E-state index contributed by atoms with van der Waals surface area (Å²) in [6.45, 7) is 9.37. The number of carbonyl (C=O) groups is 1. The zero-order valence-corrected chi connectivity index (χ0v) is 17.7. The Morgan fingerprint density at radius 2 is 1.71 bits per heavy atom. The number of rotatable bonds is 8. The fourth-order valence-corrected chi connectivity index (χ4v) is 3.38. The molecular weight excluding hydrogens is 355 g/mol. The van der Waals surface area contributed by atoms with Crippen molar-refractivity contribution < 1.29 is 18.8 Å². The van der Waals surface area contributed by atoms with Gasteiger partial charge in [-0.25, -0.2) is 4.39 Å². The fraction of sp³-hybridized carbons (Fsp3) is 0.435. The standard InChI is InChI=1S/C23H31FN2O2/c1-15(2)18-8-7-9-19(16(3)4)23(18)25-22(27)14-26(5)13-17-10-11-21(28-6)20(24)12-17/h7-12,15-16H,13-14H2,1-6H3,(H,25,27)/p+1. The first kappa shape index (κ1) is 21.9. The highest BCUT2D eigenvalue weighted by Gasteiger charge is 2.18. The second-order valence-electron chi connectivity index (χ2n) is 7.95. The van der Waals surface area contributed by atoms with E-state index in [0.717, 1.165) is 27.3 Å². The van der Waals surface area contributed by atoms with Gasteiger partial charge in [-0.3, -0.25) is 4.79 Å². The highest BCUT2D eigenvalue weighted by atomic mass is 19.1. The van der Waals surface area contributed by atoms with Crippen LogP contribution in [0.1, 0.15) is 56.2 Å². The maximum Gasteiger partial charge on any atom is 0.279 e. The Bertz CT molecular complexity index is 792. The molecule has 0 spiro atoms. The molecule has 28 heavy (non-hydrogen) atoms. The second-order valence-corrected chi connectivity index (χ2v) is 7.95. The fourth-order valence-electron chi connectivity index (χ4n) is 3.38. The number of ether oxygens (including phenoxy) is 1. The zero-order chi connectivity index (χ0) is 20.8. The minimum absolute atomic E-state index is 0.0403. The normalized spacial score (nSPS) is 12.3. The minimum Gasteiger partial charge on any atom is -0.494 e. The molecule has 2 N–H and O–H groups in total. The molecule has 0 aliphatic heterocycles. The number of para-hydroxylation sites is 1. The molecule has 0 saturated heterocycles. The van der Waals surface area contributed by atoms with Crippen LogP contribution in [0.5, 0.6) is 5.75 Å². The van der Waals surface area contributed by atoms with Crippen LogP contribution in [0.25, 0.3) is 0 Å². The van der Waals surface area contributed by atoms with Gasteiger partial charge in [0.25, 0.3) is 5.91 Å². The molecule has 1 atom stereocenters. The molecule has 2 aromatic carbocycles. The molecule has 2 aromatic rings. The van der Waals surface area contributed by atoms with E-state index in [1.54, 1.807) is 6.07 Å². The van der Waals surface area contributed by atoms with E-state index >= 15 is 0 Å². The van der Waals surface area contributed by atoms with E-state index in [1.165, 1.54) is 13.2 Å². The van der Waals surface area contributed by atoms with E-state index in [0.29, 0.717) is 24.9 Å². The molecule has 0 aromatic heterocycles. The second kappa shape index (κ2) is 9.69. The van der Waals surface area contributed by atoms with Crippen molar-refractivity contribution in [1.82, 2.24) is 0 Å². The van der Waals surface area contributed by atoms with Crippen molar-refractivity contribution >= 4 is 11.6 Å². The van der Waals surface area contributed by atoms with Gasteiger partial charge < -0.3 is 15.0 Å². The Labute approximate surface area is 167 Å². The van der Waals surface area contributed by atoms with Crippen molar-refractivity contribution in [2.24, 2.45) is 0 Å². The Morgan fingerprint density at radius 3 is 2.21 bits per heavy atom. The third-order valence-electron chi connectivity index (χ3n) is 4.82. The van der Waals surface area contributed by atoms with E-state index in [1.807, 2.05) is 13.1 Å². The maximum atomic E-state index is 13.9. The van der Waals surface area contributed by atoms with Gasteiger partial charge in [0, 0.05) is 11.3 Å². The van der Waals surface area contributed by atoms with Crippen molar-refractivity contribution in [3.8, 4) is 5.75 Å². The molecule has 5 heteroatoms. The number of nitrogens with one attached hydrogen (secondary N) is 2. The third-order valence-corrected chi connectivity index (χ3v) is 4.82. The SMILES string of the molecule is COc1ccc(C[NH+](C)CC(=O)Nc2c(C(C)C)cccc2C(C)C)cc1F. The van der Waals surface area contributed by atoms with Crippen LogP contribution < -0.4 is 15.0 Å². The number of halogens is 1. The van der Waals surface area contributed by atoms with Crippen molar-refractivity contribution in [1.29, 1.82) is 0 Å². The molecule has 0 bridgehead atoms. The monoisotopic (exact) mass is 387 g/mol. The average molecular weight is 388 g/mol. The summed E-state index contributed by atoms with van der Waals surface area (Å²) in [5.74, 6) is 0.444. The van der Waals surface area contributed by atoms with E-state index in [2.05, 4.69) is 51.2 Å². The predicted molar refractivity (Wildman–Crippen MR) is 112 cm³/mol. The third kappa shape index (κ3) is 5.55. The van der Waals surface area contributed by atoms with Crippen molar-refractivity contribution in [3.05, 3.63) is 58.9 Å². The predicted octanol–water partition coefficient (Wildman–Crippen LogP) is 3.73. The van der Waals surface area contributed by atoms with Gasteiger partial charge >= 0.3 is 0 Å². The van der Waals surface area contributed by atoms with Gasteiger partial charge in [-0.2, -0.15) is 0 Å². The summed E-state index contributed by atoms with van der Waals surface area (Å²) < 4.78 is 18.8. The Kier molecular flexibility index (Phi) is 7.58. The number of amides is 1. The number of hydrogen-bond donors (Lipinski definition) is 2. The lowest BCUT2D eigenvalue weighted by Crippen LogP contribution is -3.08. The first-order chi connectivity index (χ1) is 13.2. The van der Waals surface area contributed by atoms with Crippen LogP contribution >= 0.6 is 0 Å². The highest BCUT2D eigenvalue weighted by molar-refractivity contribution is 5.93. The summed E-state index contributed by atoms with van der Waals surface area (Å²) in [6, 6.07) is 11.1. The molecule has 4 nitrogen and oxygen atoms in total. The molecule has 0 radical (unpaired) electrons. The van der Waals surface area contributed by atoms with Crippen molar-refractivity contribution in [2.45, 2.75) is 46.1 Å². The quantitative estimate of drug-likeness (QED) is 0.725. The summed E-state index contributed by atoms with van der Waals surface area (Å²) in [7, 11) is 3.37. The van der Waals surface area contributed by atoms with Crippen LogP contribution in [0.2, 0.25) is 0 Å². The first-order valence-electron chi connectivity index (χ1n) is 9.79. The molecule has 2 rings (SSSR count). The van der Waals surface area contributed by atoms with Crippen LogP contribution in [0.15, 0.2) is 36.4 Å². The number of carbonyl (C=O) groups excluding carboxylic acids is 1. The molecule has 0 aliphatic carbocycles. The molecule has 0 aliphatic rings. The zero-order valence-electron chi connectivity index (χ0n) is 17.7. The highest BCUT2D eigenvalue weighted by Crippen LogP contribution is 2.32. The van der Waals surface area contributed by atoms with Gasteiger partial charge in [-0.15, -0.1) is 0 Å². The summed E-state index contributed by atoms with van der Waals surface area (Å²) >= 11 is 0. The number of anilines is 1. The molecule has 152 valence electrons. The van der Waals surface area contributed by atoms with Gasteiger partial charge in [0.05, 0.1) is 14.2 Å². The number of methoxy groups -OCH3 is 1. The smallest absolute Gasteiger partial charge is 0.279 e. The Balaban J connectivity index is 2.08. The van der Waals surface area contributed by atoms with E-state index < -0.39 is 0 Å². The Hall–Kier alpha value is -2.40. The largest absolute Gasteiger partial charge is 0.494 e. The topological polar surface area (TPSA) is 42.8 Å².